The maximum absolute atomic E-state index is 5.45. The monoisotopic (exact) mass is 193 g/mol. The minimum absolute atomic E-state index is 0.107. The number of hydrogen-bond donors (Lipinski definition) is 1. The predicted octanol–water partition coefficient (Wildman–Crippen LogP) is -0.468. The highest BCUT2D eigenvalue weighted by molar-refractivity contribution is 5.33. The van der Waals surface area contributed by atoms with E-state index in [0.29, 0.717) is 5.95 Å². The van der Waals surface area contributed by atoms with Crippen LogP contribution in [0.15, 0.2) is 0 Å². The lowest BCUT2D eigenvalue weighted by Gasteiger charge is -2.10. The molecule has 74 valence electrons. The molecular formula is C8H11N5O. The molecule has 14 heavy (non-hydrogen) atoms. The van der Waals surface area contributed by atoms with Crippen LogP contribution in [0, 0.1) is 12.3 Å². The molecule has 0 fully saturated rings. The van der Waals surface area contributed by atoms with Crippen molar-refractivity contribution in [1.29, 1.82) is 0 Å². The highest BCUT2D eigenvalue weighted by atomic mass is 16.5. The van der Waals surface area contributed by atoms with Gasteiger partial charge < -0.3 is 15.4 Å². The second kappa shape index (κ2) is 4.28. The van der Waals surface area contributed by atoms with Crippen molar-refractivity contribution in [2.75, 3.05) is 31.3 Å². The molecule has 0 saturated carbocycles. The van der Waals surface area contributed by atoms with Gasteiger partial charge in [0.05, 0.1) is 0 Å². The Morgan fingerprint density at radius 3 is 2.71 bits per heavy atom. The van der Waals surface area contributed by atoms with E-state index in [-0.39, 0.29) is 18.6 Å². The summed E-state index contributed by atoms with van der Waals surface area (Å²) < 4.78 is 5.02. The van der Waals surface area contributed by atoms with E-state index in [4.69, 9.17) is 16.9 Å². The molecule has 1 aromatic rings. The van der Waals surface area contributed by atoms with Crippen molar-refractivity contribution in [3.8, 4) is 18.4 Å². The topological polar surface area (TPSA) is 77.2 Å². The Hall–Kier alpha value is -2.03. The number of hydrogen-bond acceptors (Lipinski definition) is 6. The average molecular weight is 193 g/mol. The molecule has 6 nitrogen and oxygen atoms in total. The first-order valence-electron chi connectivity index (χ1n) is 3.88. The number of aromatic nitrogens is 3. The number of ether oxygens (including phenoxy) is 1. The van der Waals surface area contributed by atoms with Crippen LogP contribution < -0.4 is 15.4 Å². The van der Waals surface area contributed by atoms with E-state index in [1.54, 1.807) is 19.0 Å². The van der Waals surface area contributed by atoms with Gasteiger partial charge in [-0.2, -0.15) is 15.0 Å². The molecule has 0 radical (unpaired) electrons. The summed E-state index contributed by atoms with van der Waals surface area (Å²) in [6.45, 7) is 0.107. The zero-order chi connectivity index (χ0) is 10.6. The normalized spacial score (nSPS) is 9.21. The summed E-state index contributed by atoms with van der Waals surface area (Å²) in [5, 5.41) is 0. The molecule has 0 amide bonds. The lowest BCUT2D eigenvalue weighted by molar-refractivity contribution is 0.339. The SMILES string of the molecule is C#CCOc1nc(N)nc(N(C)C)n1. The maximum Gasteiger partial charge on any atom is 0.324 e. The summed E-state index contributed by atoms with van der Waals surface area (Å²) in [5.74, 6) is 2.85. The lowest BCUT2D eigenvalue weighted by Crippen LogP contribution is -2.15. The largest absolute Gasteiger partial charge is 0.450 e. The summed E-state index contributed by atoms with van der Waals surface area (Å²) in [6, 6.07) is 0.138. The van der Waals surface area contributed by atoms with E-state index in [9.17, 15) is 0 Å². The fourth-order valence-corrected chi connectivity index (χ4v) is 0.732. The van der Waals surface area contributed by atoms with Crippen LogP contribution in [0.3, 0.4) is 0 Å². The molecule has 0 aliphatic heterocycles. The van der Waals surface area contributed by atoms with Crippen LogP contribution in [0.1, 0.15) is 0 Å². The van der Waals surface area contributed by atoms with E-state index >= 15 is 0 Å². The van der Waals surface area contributed by atoms with E-state index in [1.807, 2.05) is 0 Å². The second-order valence-corrected chi connectivity index (χ2v) is 2.66. The smallest absolute Gasteiger partial charge is 0.324 e. The summed E-state index contributed by atoms with van der Waals surface area (Å²) in [6.07, 6.45) is 5.02. The van der Waals surface area contributed by atoms with Gasteiger partial charge in [0.15, 0.2) is 6.61 Å². The Bertz CT molecular complexity index is 357. The van der Waals surface area contributed by atoms with Gasteiger partial charge in [0, 0.05) is 14.1 Å². The Balaban J connectivity index is 2.90. The van der Waals surface area contributed by atoms with E-state index < -0.39 is 0 Å². The Morgan fingerprint density at radius 1 is 1.43 bits per heavy atom. The third kappa shape index (κ3) is 2.48. The van der Waals surface area contributed by atoms with E-state index in [0.717, 1.165) is 0 Å². The molecule has 0 saturated heterocycles. The number of anilines is 2. The molecule has 2 N–H and O–H groups in total. The maximum atomic E-state index is 5.45. The van der Waals surface area contributed by atoms with Crippen molar-refractivity contribution < 1.29 is 4.74 Å². The molecule has 0 aliphatic carbocycles. The molecule has 0 aromatic carbocycles. The average Bonchev–Trinajstić information content (AvgIpc) is 2.14. The Kier molecular flexibility index (Phi) is 3.07. The number of nitrogen functional groups attached to an aromatic ring is 1. The first kappa shape index (κ1) is 10.1. The van der Waals surface area contributed by atoms with Crippen molar-refractivity contribution in [1.82, 2.24) is 15.0 Å². The molecule has 0 unspecified atom stereocenters. The minimum Gasteiger partial charge on any atom is -0.450 e. The van der Waals surface area contributed by atoms with Crippen LogP contribution in [0.2, 0.25) is 0 Å². The van der Waals surface area contributed by atoms with Crippen molar-refractivity contribution in [3.05, 3.63) is 0 Å². The van der Waals surface area contributed by atoms with Crippen LogP contribution in [0.5, 0.6) is 6.01 Å². The van der Waals surface area contributed by atoms with E-state index in [2.05, 4.69) is 20.9 Å². The summed E-state index contributed by atoms with van der Waals surface area (Å²) in [5.41, 5.74) is 5.45. The first-order valence-corrected chi connectivity index (χ1v) is 3.88. The number of rotatable bonds is 3. The zero-order valence-electron chi connectivity index (χ0n) is 8.06. The minimum atomic E-state index is 0.107. The number of nitrogens with two attached hydrogens (primary N) is 1. The summed E-state index contributed by atoms with van der Waals surface area (Å²) >= 11 is 0. The molecule has 0 aliphatic rings. The lowest BCUT2D eigenvalue weighted by atomic mass is 10.7. The number of nitrogens with zero attached hydrogens (tertiary/aromatic N) is 4. The van der Waals surface area contributed by atoms with Crippen molar-refractivity contribution >= 4 is 11.9 Å². The van der Waals surface area contributed by atoms with Crippen LogP contribution in [-0.4, -0.2) is 35.7 Å². The van der Waals surface area contributed by atoms with Crippen LogP contribution in [-0.2, 0) is 0 Å². The molecule has 6 heteroatoms. The van der Waals surface area contributed by atoms with Crippen LogP contribution >= 0.6 is 0 Å². The van der Waals surface area contributed by atoms with E-state index in [1.165, 1.54) is 0 Å². The van der Waals surface area contributed by atoms with Gasteiger partial charge in [0.1, 0.15) is 0 Å². The molecule has 0 bridgehead atoms. The Labute approximate surface area is 82.1 Å². The van der Waals surface area contributed by atoms with Gasteiger partial charge in [-0.05, 0) is 0 Å². The fourth-order valence-electron chi connectivity index (χ4n) is 0.732. The van der Waals surface area contributed by atoms with Crippen LogP contribution in [0.4, 0.5) is 11.9 Å². The van der Waals surface area contributed by atoms with Gasteiger partial charge in [0.2, 0.25) is 11.9 Å². The molecule has 0 atom stereocenters. The highest BCUT2D eigenvalue weighted by Crippen LogP contribution is 2.10. The van der Waals surface area contributed by atoms with Gasteiger partial charge in [-0.25, -0.2) is 0 Å². The van der Waals surface area contributed by atoms with Crippen molar-refractivity contribution in [2.24, 2.45) is 0 Å². The number of terminal acetylenes is 1. The standard InChI is InChI=1S/C8H11N5O/c1-4-5-14-8-11-6(9)10-7(12-8)13(2)3/h1H,5H2,2-3H3,(H2,9,10,11,12). The van der Waals surface area contributed by atoms with Gasteiger partial charge in [-0.1, -0.05) is 5.92 Å². The van der Waals surface area contributed by atoms with Gasteiger partial charge >= 0.3 is 6.01 Å². The van der Waals surface area contributed by atoms with Gasteiger partial charge in [-0.15, -0.1) is 6.42 Å². The first-order chi connectivity index (χ1) is 6.63. The zero-order valence-corrected chi connectivity index (χ0v) is 8.06. The molecule has 1 heterocycles. The van der Waals surface area contributed by atoms with Gasteiger partial charge in [0.25, 0.3) is 0 Å². The molecular weight excluding hydrogens is 182 g/mol. The molecule has 0 spiro atoms. The fraction of sp³-hybridized carbons (Fsp3) is 0.375. The van der Waals surface area contributed by atoms with Gasteiger partial charge in [-0.3, -0.25) is 0 Å². The third-order valence-electron chi connectivity index (χ3n) is 1.30. The molecule has 1 aromatic heterocycles. The summed E-state index contributed by atoms with van der Waals surface area (Å²) in [7, 11) is 3.58. The van der Waals surface area contributed by atoms with Crippen molar-refractivity contribution in [3.63, 3.8) is 0 Å². The quantitative estimate of drug-likeness (QED) is 0.654. The highest BCUT2D eigenvalue weighted by Gasteiger charge is 2.05. The van der Waals surface area contributed by atoms with Crippen molar-refractivity contribution in [2.45, 2.75) is 0 Å². The van der Waals surface area contributed by atoms with Crippen LogP contribution in [0.25, 0.3) is 0 Å². The summed E-state index contributed by atoms with van der Waals surface area (Å²) in [4.78, 5) is 13.3. The Morgan fingerprint density at radius 2 is 2.14 bits per heavy atom. The second-order valence-electron chi connectivity index (χ2n) is 2.66. The predicted molar refractivity (Wildman–Crippen MR) is 52.9 cm³/mol. The third-order valence-corrected chi connectivity index (χ3v) is 1.30. The molecule has 1 rings (SSSR count).